The molecule has 2 aromatic heterocycles. The quantitative estimate of drug-likeness (QED) is 0.819. The minimum atomic E-state index is 0.156. The summed E-state index contributed by atoms with van der Waals surface area (Å²) >= 11 is 1.68. The van der Waals surface area contributed by atoms with Crippen molar-refractivity contribution in [3.05, 3.63) is 43.9 Å². The smallest absolute Gasteiger partial charge is 0.219 e. The van der Waals surface area contributed by atoms with E-state index in [1.54, 1.807) is 11.3 Å². The number of H-pyrrole nitrogens is 1. The molecule has 1 N–H and O–H groups in total. The summed E-state index contributed by atoms with van der Waals surface area (Å²) in [6.07, 6.45) is 3.53. The number of thiophene rings is 1. The van der Waals surface area contributed by atoms with Gasteiger partial charge in [0.15, 0.2) is 0 Å². The van der Waals surface area contributed by atoms with Crippen molar-refractivity contribution in [3.63, 3.8) is 0 Å². The molecule has 0 amide bonds. The van der Waals surface area contributed by atoms with Crippen LogP contribution in [0, 0.1) is 20.8 Å². The first-order valence-corrected chi connectivity index (χ1v) is 7.21. The first-order chi connectivity index (χ1) is 8.58. The number of hydrogen-bond acceptors (Lipinski definition) is 2. The van der Waals surface area contributed by atoms with E-state index < -0.39 is 0 Å². The van der Waals surface area contributed by atoms with Crippen molar-refractivity contribution in [3.8, 4) is 0 Å². The lowest BCUT2D eigenvalue weighted by atomic mass is 10.1. The third-order valence-electron chi connectivity index (χ3n) is 4.01. The SMILES string of the molecule is Cc1[nH]c(C(=O)c2cc3c(s2)CCC3)c(C)c1C. The topological polar surface area (TPSA) is 32.9 Å². The molecule has 2 aromatic rings. The molecule has 1 aliphatic carbocycles. The molecule has 0 aliphatic heterocycles. The van der Waals surface area contributed by atoms with Crippen LogP contribution in [0.15, 0.2) is 6.07 Å². The molecule has 94 valence electrons. The van der Waals surface area contributed by atoms with Crippen LogP contribution >= 0.6 is 11.3 Å². The van der Waals surface area contributed by atoms with Crippen LogP contribution in [-0.4, -0.2) is 10.8 Å². The number of ketones is 1. The highest BCUT2D eigenvalue weighted by Crippen LogP contribution is 2.32. The summed E-state index contributed by atoms with van der Waals surface area (Å²) < 4.78 is 0. The molecule has 18 heavy (non-hydrogen) atoms. The van der Waals surface area contributed by atoms with E-state index in [1.165, 1.54) is 22.4 Å². The van der Waals surface area contributed by atoms with E-state index in [4.69, 9.17) is 0 Å². The minimum Gasteiger partial charge on any atom is -0.355 e. The molecule has 3 heteroatoms. The second kappa shape index (κ2) is 4.09. The average Bonchev–Trinajstić information content (AvgIpc) is 2.98. The van der Waals surface area contributed by atoms with Crippen molar-refractivity contribution < 1.29 is 4.79 Å². The van der Waals surface area contributed by atoms with E-state index in [-0.39, 0.29) is 5.78 Å². The largest absolute Gasteiger partial charge is 0.355 e. The fourth-order valence-corrected chi connectivity index (χ4v) is 3.83. The van der Waals surface area contributed by atoms with Gasteiger partial charge in [0.1, 0.15) is 0 Å². The number of hydrogen-bond donors (Lipinski definition) is 1. The summed E-state index contributed by atoms with van der Waals surface area (Å²) in [6, 6.07) is 2.10. The van der Waals surface area contributed by atoms with E-state index in [0.717, 1.165) is 34.7 Å². The summed E-state index contributed by atoms with van der Waals surface area (Å²) in [7, 11) is 0. The molecule has 0 atom stereocenters. The van der Waals surface area contributed by atoms with Gasteiger partial charge < -0.3 is 4.98 Å². The van der Waals surface area contributed by atoms with Gasteiger partial charge in [-0.25, -0.2) is 0 Å². The van der Waals surface area contributed by atoms with E-state index in [2.05, 4.69) is 18.0 Å². The number of aromatic amines is 1. The maximum atomic E-state index is 12.5. The monoisotopic (exact) mass is 259 g/mol. The van der Waals surface area contributed by atoms with E-state index in [0.29, 0.717) is 0 Å². The number of aryl methyl sites for hydroxylation is 3. The molecule has 0 aromatic carbocycles. The molecule has 0 radical (unpaired) electrons. The zero-order valence-corrected chi connectivity index (χ0v) is 11.8. The highest BCUT2D eigenvalue weighted by molar-refractivity contribution is 7.14. The lowest BCUT2D eigenvalue weighted by Gasteiger charge is -1.97. The van der Waals surface area contributed by atoms with Crippen LogP contribution in [0.1, 0.15) is 49.0 Å². The average molecular weight is 259 g/mol. The number of nitrogens with one attached hydrogen (secondary N) is 1. The van der Waals surface area contributed by atoms with Crippen LogP contribution in [0.25, 0.3) is 0 Å². The molecule has 0 unspecified atom stereocenters. The molecule has 1 aliphatic rings. The second-order valence-corrected chi connectivity index (χ2v) is 6.25. The van der Waals surface area contributed by atoms with Gasteiger partial charge in [0.2, 0.25) is 5.78 Å². The van der Waals surface area contributed by atoms with Crippen LogP contribution in [0.3, 0.4) is 0 Å². The van der Waals surface area contributed by atoms with Crippen LogP contribution in [0.5, 0.6) is 0 Å². The number of aromatic nitrogens is 1. The third-order valence-corrected chi connectivity index (χ3v) is 5.25. The molecule has 2 heterocycles. The summed E-state index contributed by atoms with van der Waals surface area (Å²) in [6.45, 7) is 6.10. The van der Waals surface area contributed by atoms with Crippen molar-refractivity contribution in [1.29, 1.82) is 0 Å². The van der Waals surface area contributed by atoms with Gasteiger partial charge in [-0.05, 0) is 62.8 Å². The molecule has 0 bridgehead atoms. The van der Waals surface area contributed by atoms with Crippen molar-refractivity contribution >= 4 is 17.1 Å². The number of carbonyl (C=O) groups excluding carboxylic acids is 1. The van der Waals surface area contributed by atoms with E-state index in [9.17, 15) is 4.79 Å². The van der Waals surface area contributed by atoms with Gasteiger partial charge in [0.25, 0.3) is 0 Å². The standard InChI is InChI=1S/C15H17NOS/c1-8-9(2)14(16-10(8)3)15(17)13-7-11-5-4-6-12(11)18-13/h7,16H,4-6H2,1-3H3. The summed E-state index contributed by atoms with van der Waals surface area (Å²) in [5.41, 5.74) is 5.54. The molecule has 0 saturated heterocycles. The Labute approximate surface area is 111 Å². The maximum Gasteiger partial charge on any atom is 0.219 e. The summed E-state index contributed by atoms with van der Waals surface area (Å²) in [5, 5.41) is 0. The highest BCUT2D eigenvalue weighted by atomic mass is 32.1. The second-order valence-electron chi connectivity index (χ2n) is 5.12. The third kappa shape index (κ3) is 1.65. The highest BCUT2D eigenvalue weighted by Gasteiger charge is 2.22. The molecule has 3 rings (SSSR count). The Morgan fingerprint density at radius 3 is 2.61 bits per heavy atom. The lowest BCUT2D eigenvalue weighted by molar-refractivity contribution is 0.103. The van der Waals surface area contributed by atoms with Crippen LogP contribution in [-0.2, 0) is 12.8 Å². The van der Waals surface area contributed by atoms with Gasteiger partial charge in [-0.1, -0.05) is 0 Å². The Morgan fingerprint density at radius 1 is 1.22 bits per heavy atom. The Kier molecular flexibility index (Phi) is 2.67. The van der Waals surface area contributed by atoms with E-state index >= 15 is 0 Å². The van der Waals surface area contributed by atoms with Crippen molar-refractivity contribution in [2.24, 2.45) is 0 Å². The van der Waals surface area contributed by atoms with Gasteiger partial charge >= 0.3 is 0 Å². The predicted octanol–water partition coefficient (Wildman–Crippen LogP) is 3.72. The number of carbonyl (C=O) groups is 1. The van der Waals surface area contributed by atoms with Gasteiger partial charge in [-0.2, -0.15) is 0 Å². The van der Waals surface area contributed by atoms with Gasteiger partial charge in [-0.3, -0.25) is 4.79 Å². The van der Waals surface area contributed by atoms with E-state index in [1.807, 2.05) is 13.8 Å². The molecular weight excluding hydrogens is 242 g/mol. The summed E-state index contributed by atoms with van der Waals surface area (Å²) in [4.78, 5) is 18.1. The zero-order chi connectivity index (χ0) is 12.9. The number of fused-ring (bicyclic) bond motifs is 1. The number of rotatable bonds is 2. The van der Waals surface area contributed by atoms with Crippen molar-refractivity contribution in [1.82, 2.24) is 4.98 Å². The molecular formula is C15H17NOS. The maximum absolute atomic E-state index is 12.5. The predicted molar refractivity (Wildman–Crippen MR) is 74.8 cm³/mol. The normalized spacial score (nSPS) is 13.9. The van der Waals surface area contributed by atoms with Crippen LogP contribution < -0.4 is 0 Å². The molecule has 0 saturated carbocycles. The van der Waals surface area contributed by atoms with Gasteiger partial charge in [0.05, 0.1) is 10.6 Å². The first-order valence-electron chi connectivity index (χ1n) is 6.40. The Morgan fingerprint density at radius 2 is 2.00 bits per heavy atom. The minimum absolute atomic E-state index is 0.156. The van der Waals surface area contributed by atoms with Gasteiger partial charge in [-0.15, -0.1) is 11.3 Å². The van der Waals surface area contributed by atoms with Gasteiger partial charge in [0, 0.05) is 10.6 Å². The zero-order valence-electron chi connectivity index (χ0n) is 11.0. The molecule has 0 spiro atoms. The summed E-state index contributed by atoms with van der Waals surface area (Å²) in [5.74, 6) is 0.156. The fourth-order valence-electron chi connectivity index (χ4n) is 2.63. The lowest BCUT2D eigenvalue weighted by Crippen LogP contribution is -2.01. The Balaban J connectivity index is 2.01. The fraction of sp³-hybridized carbons (Fsp3) is 0.400. The Hall–Kier alpha value is -1.35. The Bertz CT molecular complexity index is 612. The van der Waals surface area contributed by atoms with Crippen LogP contribution in [0.2, 0.25) is 0 Å². The van der Waals surface area contributed by atoms with Crippen molar-refractivity contribution in [2.45, 2.75) is 40.0 Å². The molecule has 2 nitrogen and oxygen atoms in total. The first kappa shape index (κ1) is 11.7. The molecule has 0 fully saturated rings. The van der Waals surface area contributed by atoms with Crippen molar-refractivity contribution in [2.75, 3.05) is 0 Å². The van der Waals surface area contributed by atoms with Crippen LogP contribution in [0.4, 0.5) is 0 Å².